The maximum absolute atomic E-state index is 6.78. The molecule has 248 valence electrons. The quantitative estimate of drug-likeness (QED) is 0.165. The fourth-order valence-corrected chi connectivity index (χ4v) is 6.94. The minimum atomic E-state index is -0.156. The third kappa shape index (κ3) is 6.14. The summed E-state index contributed by atoms with van der Waals surface area (Å²) in [6, 6.07) is 34.5. The predicted molar refractivity (Wildman–Crippen MR) is 204 cm³/mol. The summed E-state index contributed by atoms with van der Waals surface area (Å²) in [4.78, 5) is 4.76. The Morgan fingerprint density at radius 3 is 2.22 bits per heavy atom. The highest BCUT2D eigenvalue weighted by atomic mass is 16.5. The van der Waals surface area contributed by atoms with Crippen molar-refractivity contribution in [1.82, 2.24) is 19.3 Å². The second-order valence-corrected chi connectivity index (χ2v) is 14.7. The van der Waals surface area contributed by atoms with E-state index in [4.69, 9.17) is 14.8 Å². The van der Waals surface area contributed by atoms with Crippen LogP contribution in [0.2, 0.25) is 0 Å². The number of nitrogens with zero attached hydrogens (tertiary/aromatic N) is 4. The van der Waals surface area contributed by atoms with Crippen LogP contribution in [0.15, 0.2) is 103 Å². The number of rotatable bonds is 8. The van der Waals surface area contributed by atoms with E-state index in [1.807, 2.05) is 12.3 Å². The third-order valence-corrected chi connectivity index (χ3v) is 9.33. The van der Waals surface area contributed by atoms with Gasteiger partial charge in [-0.3, -0.25) is 4.57 Å². The number of hydrogen-bond donors (Lipinski definition) is 0. The van der Waals surface area contributed by atoms with Crippen LogP contribution in [0.5, 0.6) is 11.5 Å². The molecule has 4 aromatic carbocycles. The van der Waals surface area contributed by atoms with E-state index in [2.05, 4.69) is 156 Å². The molecule has 0 saturated carbocycles. The van der Waals surface area contributed by atoms with E-state index in [0.29, 0.717) is 5.92 Å². The van der Waals surface area contributed by atoms with Crippen LogP contribution >= 0.6 is 0 Å². The van der Waals surface area contributed by atoms with Crippen LogP contribution in [0.1, 0.15) is 82.0 Å². The van der Waals surface area contributed by atoms with Crippen molar-refractivity contribution < 1.29 is 4.74 Å². The molecular weight excluding hydrogens is 601 g/mol. The Labute approximate surface area is 290 Å². The molecule has 0 spiro atoms. The molecule has 0 N–H and O–H groups in total. The first-order valence-corrected chi connectivity index (χ1v) is 17.5. The molecule has 0 aliphatic rings. The van der Waals surface area contributed by atoms with Crippen molar-refractivity contribution in [2.24, 2.45) is 0 Å². The Morgan fingerprint density at radius 2 is 1.51 bits per heavy atom. The van der Waals surface area contributed by atoms with Crippen LogP contribution in [0.4, 0.5) is 0 Å². The Morgan fingerprint density at radius 1 is 0.755 bits per heavy atom. The molecule has 0 saturated heterocycles. The molecule has 0 unspecified atom stereocenters. The predicted octanol–water partition coefficient (Wildman–Crippen LogP) is 11.8. The van der Waals surface area contributed by atoms with Gasteiger partial charge in [0.05, 0.1) is 28.1 Å². The second-order valence-electron chi connectivity index (χ2n) is 14.7. The highest BCUT2D eigenvalue weighted by Gasteiger charge is 2.29. The van der Waals surface area contributed by atoms with Crippen LogP contribution in [-0.4, -0.2) is 19.3 Å². The second kappa shape index (κ2) is 12.7. The molecule has 7 rings (SSSR count). The van der Waals surface area contributed by atoms with Gasteiger partial charge in [0.1, 0.15) is 17.3 Å². The molecule has 3 heterocycles. The average Bonchev–Trinajstić information content (AvgIpc) is 3.61. The summed E-state index contributed by atoms with van der Waals surface area (Å²) in [5, 5.41) is 7.71. The zero-order valence-electron chi connectivity index (χ0n) is 30.0. The standard InChI is InChI=1S/C44H46N4O/c1-9-12-38-42(31-17-15-29(4)16-18-31)43(44(6,7)8)48(46-38)33-24-32(28(2)3)25-35(26-33)49-34-19-20-37-36-13-10-11-14-39(36)47(40(37)27-34)41-23-30(5)21-22-45-41/h10-11,13-28H,9,12H2,1-8H3. The van der Waals surface area contributed by atoms with E-state index in [9.17, 15) is 0 Å². The number of benzene rings is 4. The van der Waals surface area contributed by atoms with Crippen molar-refractivity contribution in [2.75, 3.05) is 0 Å². The normalized spacial score (nSPS) is 12.0. The van der Waals surface area contributed by atoms with Crippen LogP contribution in [0.25, 0.3) is 44.4 Å². The van der Waals surface area contributed by atoms with E-state index in [0.717, 1.165) is 52.6 Å². The number of aryl methyl sites for hydroxylation is 3. The molecule has 0 radical (unpaired) electrons. The van der Waals surface area contributed by atoms with Gasteiger partial charge < -0.3 is 4.74 Å². The number of hydrogen-bond acceptors (Lipinski definition) is 3. The number of ether oxygens (including phenoxy) is 1. The van der Waals surface area contributed by atoms with Crippen molar-refractivity contribution in [1.29, 1.82) is 0 Å². The van der Waals surface area contributed by atoms with Crippen molar-refractivity contribution in [3.63, 3.8) is 0 Å². The summed E-state index contributed by atoms with van der Waals surface area (Å²) in [6.07, 6.45) is 3.81. The lowest BCUT2D eigenvalue weighted by molar-refractivity contribution is 0.480. The Bertz CT molecular complexity index is 2300. The van der Waals surface area contributed by atoms with Gasteiger partial charge in [-0.1, -0.05) is 96.0 Å². The molecule has 3 aromatic heterocycles. The highest BCUT2D eigenvalue weighted by Crippen LogP contribution is 2.40. The minimum absolute atomic E-state index is 0.156. The van der Waals surface area contributed by atoms with Crippen LogP contribution < -0.4 is 4.74 Å². The van der Waals surface area contributed by atoms with Gasteiger partial charge in [-0.15, -0.1) is 0 Å². The smallest absolute Gasteiger partial charge is 0.137 e. The summed E-state index contributed by atoms with van der Waals surface area (Å²) < 4.78 is 11.2. The van der Waals surface area contributed by atoms with E-state index in [1.54, 1.807) is 0 Å². The van der Waals surface area contributed by atoms with Gasteiger partial charge in [-0.25, -0.2) is 9.67 Å². The SMILES string of the molecule is CCCc1nn(-c2cc(Oc3ccc4c5ccccc5n(-c5cc(C)ccn5)c4c3)cc(C(C)C)c2)c(C(C)(C)C)c1-c1ccc(C)cc1. The van der Waals surface area contributed by atoms with Crippen molar-refractivity contribution in [3.05, 3.63) is 131 Å². The van der Waals surface area contributed by atoms with Crippen LogP contribution in [-0.2, 0) is 11.8 Å². The molecule has 5 nitrogen and oxygen atoms in total. The molecule has 0 aliphatic carbocycles. The Kier molecular flexibility index (Phi) is 8.40. The molecule has 0 fully saturated rings. The van der Waals surface area contributed by atoms with Crippen molar-refractivity contribution >= 4 is 21.8 Å². The molecule has 7 aromatic rings. The zero-order valence-corrected chi connectivity index (χ0v) is 30.0. The number of pyridine rings is 1. The summed E-state index contributed by atoms with van der Waals surface area (Å²) >= 11 is 0. The average molecular weight is 647 g/mol. The summed E-state index contributed by atoms with van der Waals surface area (Å²) in [5.74, 6) is 2.77. The molecule has 0 atom stereocenters. The number of para-hydroxylation sites is 1. The first-order chi connectivity index (χ1) is 23.5. The lowest BCUT2D eigenvalue weighted by atomic mass is 9.85. The molecule has 0 bridgehead atoms. The van der Waals surface area contributed by atoms with Gasteiger partial charge >= 0.3 is 0 Å². The monoisotopic (exact) mass is 646 g/mol. The maximum Gasteiger partial charge on any atom is 0.137 e. The van der Waals surface area contributed by atoms with Gasteiger partial charge in [0.2, 0.25) is 0 Å². The van der Waals surface area contributed by atoms with E-state index < -0.39 is 0 Å². The van der Waals surface area contributed by atoms with Gasteiger partial charge in [0.15, 0.2) is 0 Å². The number of fused-ring (bicyclic) bond motifs is 3. The molecule has 0 amide bonds. The van der Waals surface area contributed by atoms with Gasteiger partial charge in [-0.05, 0) is 85.3 Å². The Balaban J connectivity index is 1.38. The van der Waals surface area contributed by atoms with Crippen molar-refractivity contribution in [3.8, 4) is 34.1 Å². The Hall–Kier alpha value is -5.16. The highest BCUT2D eigenvalue weighted by molar-refractivity contribution is 6.09. The lowest BCUT2D eigenvalue weighted by Crippen LogP contribution is -2.19. The summed E-state index contributed by atoms with van der Waals surface area (Å²) in [6.45, 7) is 17.8. The number of aromatic nitrogens is 4. The van der Waals surface area contributed by atoms with E-state index in [1.165, 1.54) is 44.3 Å². The van der Waals surface area contributed by atoms with Gasteiger partial charge in [0.25, 0.3) is 0 Å². The van der Waals surface area contributed by atoms with Gasteiger partial charge in [0, 0.05) is 40.1 Å². The summed E-state index contributed by atoms with van der Waals surface area (Å²) in [7, 11) is 0. The fourth-order valence-electron chi connectivity index (χ4n) is 6.94. The largest absolute Gasteiger partial charge is 0.457 e. The molecule has 49 heavy (non-hydrogen) atoms. The maximum atomic E-state index is 6.78. The van der Waals surface area contributed by atoms with Crippen molar-refractivity contribution in [2.45, 2.75) is 79.6 Å². The molecular formula is C44H46N4O. The topological polar surface area (TPSA) is 44.9 Å². The minimum Gasteiger partial charge on any atom is -0.457 e. The van der Waals surface area contributed by atoms with E-state index >= 15 is 0 Å². The first kappa shape index (κ1) is 32.4. The van der Waals surface area contributed by atoms with E-state index in [-0.39, 0.29) is 5.41 Å². The molecule has 0 aliphatic heterocycles. The first-order valence-electron chi connectivity index (χ1n) is 17.5. The third-order valence-electron chi connectivity index (χ3n) is 9.33. The fraction of sp³-hybridized carbons (Fsp3) is 0.273. The zero-order chi connectivity index (χ0) is 34.4. The lowest BCUT2D eigenvalue weighted by Gasteiger charge is -2.24. The molecule has 5 heteroatoms. The summed E-state index contributed by atoms with van der Waals surface area (Å²) in [5.41, 5.74) is 11.5. The van der Waals surface area contributed by atoms with Gasteiger partial charge in [-0.2, -0.15) is 5.10 Å². The van der Waals surface area contributed by atoms with Crippen LogP contribution in [0.3, 0.4) is 0 Å². The van der Waals surface area contributed by atoms with Crippen LogP contribution in [0, 0.1) is 13.8 Å².